The first-order valence-electron chi connectivity index (χ1n) is 4.72. The summed E-state index contributed by atoms with van der Waals surface area (Å²) in [6, 6.07) is 0. The van der Waals surface area contributed by atoms with Gasteiger partial charge in [-0.2, -0.15) is 0 Å². The van der Waals surface area contributed by atoms with E-state index in [4.69, 9.17) is 0 Å². The minimum absolute atomic E-state index is 1.12. The molecule has 0 aliphatic heterocycles. The van der Waals surface area contributed by atoms with E-state index in [0.717, 1.165) is 12.3 Å². The monoisotopic (exact) mass is 139 g/mol. The lowest BCUT2D eigenvalue weighted by Crippen LogP contribution is -2.10. The lowest BCUT2D eigenvalue weighted by molar-refractivity contribution is 0.287. The molecule has 0 saturated heterocycles. The zero-order valence-electron chi connectivity index (χ0n) is 6.94. The highest BCUT2D eigenvalue weighted by molar-refractivity contribution is 4.68. The lowest BCUT2D eigenvalue weighted by Gasteiger charge is -2.24. The van der Waals surface area contributed by atoms with E-state index in [1.807, 2.05) is 0 Å². The van der Waals surface area contributed by atoms with Gasteiger partial charge in [0, 0.05) is 0 Å². The largest absolute Gasteiger partial charge is 0.0533 e. The van der Waals surface area contributed by atoms with Gasteiger partial charge in [-0.15, -0.1) is 0 Å². The normalized spacial score (nSPS) is 18.9. The maximum absolute atomic E-state index is 3.84. The van der Waals surface area contributed by atoms with Crippen molar-refractivity contribution in [1.82, 2.24) is 0 Å². The maximum Gasteiger partial charge on any atom is -0.0414 e. The van der Waals surface area contributed by atoms with Gasteiger partial charge >= 0.3 is 0 Å². The van der Waals surface area contributed by atoms with Crippen LogP contribution in [-0.2, 0) is 0 Å². The van der Waals surface area contributed by atoms with Crippen molar-refractivity contribution in [3.63, 3.8) is 0 Å². The van der Waals surface area contributed by atoms with Gasteiger partial charge in [-0.1, -0.05) is 58.3 Å². The smallest absolute Gasteiger partial charge is 0.0414 e. The van der Waals surface area contributed by atoms with E-state index in [9.17, 15) is 0 Å². The zero-order chi connectivity index (χ0) is 7.23. The predicted molar refractivity (Wildman–Crippen MR) is 45.8 cm³/mol. The fraction of sp³-hybridized carbons (Fsp3) is 0.900. The van der Waals surface area contributed by atoms with Crippen molar-refractivity contribution >= 4 is 0 Å². The second-order valence-corrected chi connectivity index (χ2v) is 3.50. The molecule has 1 saturated carbocycles. The summed E-state index contributed by atoms with van der Waals surface area (Å²) in [5.41, 5.74) is 0. The summed E-state index contributed by atoms with van der Waals surface area (Å²) in [5.74, 6) is 1.12. The molecule has 0 unspecified atom stereocenters. The van der Waals surface area contributed by atoms with Gasteiger partial charge in [-0.25, -0.2) is 0 Å². The molecular formula is C10H19. The van der Waals surface area contributed by atoms with Crippen LogP contribution in [0.4, 0.5) is 0 Å². The summed E-state index contributed by atoms with van der Waals surface area (Å²) < 4.78 is 0. The van der Waals surface area contributed by atoms with Crippen LogP contribution in [0.5, 0.6) is 0 Å². The van der Waals surface area contributed by atoms with Crippen molar-refractivity contribution in [2.24, 2.45) is 5.92 Å². The molecule has 0 N–H and O–H groups in total. The van der Waals surface area contributed by atoms with Gasteiger partial charge in [0.25, 0.3) is 0 Å². The highest BCUT2D eigenvalue weighted by Crippen LogP contribution is 2.30. The molecule has 0 spiro atoms. The Labute approximate surface area is 65.0 Å². The van der Waals surface area contributed by atoms with Gasteiger partial charge in [0.05, 0.1) is 0 Å². The van der Waals surface area contributed by atoms with Gasteiger partial charge < -0.3 is 0 Å². The van der Waals surface area contributed by atoms with Crippen LogP contribution in [0.1, 0.15) is 51.4 Å². The van der Waals surface area contributed by atoms with E-state index in [0.29, 0.717) is 0 Å². The molecular weight excluding hydrogens is 120 g/mol. The van der Waals surface area contributed by atoms with Crippen molar-refractivity contribution in [1.29, 1.82) is 0 Å². The first kappa shape index (κ1) is 8.10. The average Bonchev–Trinajstić information content (AvgIpc) is 1.84. The third-order valence-corrected chi connectivity index (χ3v) is 2.59. The molecule has 0 bridgehead atoms. The molecule has 0 heterocycles. The SMILES string of the molecule is [CH2]CCCCCC1CCC1. The molecule has 0 nitrogen and oxygen atoms in total. The molecule has 0 aromatic rings. The van der Waals surface area contributed by atoms with Crippen molar-refractivity contribution < 1.29 is 0 Å². The number of unbranched alkanes of at least 4 members (excludes halogenated alkanes) is 3. The van der Waals surface area contributed by atoms with E-state index < -0.39 is 0 Å². The van der Waals surface area contributed by atoms with E-state index in [-0.39, 0.29) is 0 Å². The Hall–Kier alpha value is 0. The van der Waals surface area contributed by atoms with Gasteiger partial charge in [0.2, 0.25) is 0 Å². The minimum Gasteiger partial charge on any atom is -0.0533 e. The summed E-state index contributed by atoms with van der Waals surface area (Å²) in [5, 5.41) is 0. The topological polar surface area (TPSA) is 0 Å². The van der Waals surface area contributed by atoms with Crippen LogP contribution in [0.3, 0.4) is 0 Å². The molecule has 10 heavy (non-hydrogen) atoms. The van der Waals surface area contributed by atoms with Crippen LogP contribution in [-0.4, -0.2) is 0 Å². The van der Waals surface area contributed by atoms with E-state index in [1.165, 1.54) is 44.9 Å². The van der Waals surface area contributed by atoms with Crippen LogP contribution < -0.4 is 0 Å². The Bertz CT molecular complexity index is 72.1. The van der Waals surface area contributed by atoms with Crippen molar-refractivity contribution in [2.75, 3.05) is 0 Å². The third kappa shape index (κ3) is 2.72. The number of hydrogen-bond acceptors (Lipinski definition) is 0. The summed E-state index contributed by atoms with van der Waals surface area (Å²) in [4.78, 5) is 0. The molecule has 0 aromatic heterocycles. The Morgan fingerprint density at radius 2 is 1.90 bits per heavy atom. The standard InChI is InChI=1S/C10H19/c1-2-3-4-5-7-10-8-6-9-10/h10H,1-9H2. The zero-order valence-corrected chi connectivity index (χ0v) is 6.94. The second kappa shape index (κ2) is 4.76. The number of rotatable bonds is 5. The predicted octanol–water partition coefficient (Wildman–Crippen LogP) is 3.57. The summed E-state index contributed by atoms with van der Waals surface area (Å²) >= 11 is 0. The quantitative estimate of drug-likeness (QED) is 0.511. The van der Waals surface area contributed by atoms with E-state index >= 15 is 0 Å². The molecule has 1 aliphatic carbocycles. The van der Waals surface area contributed by atoms with Crippen LogP contribution in [0.2, 0.25) is 0 Å². The van der Waals surface area contributed by atoms with Crippen LogP contribution in [0, 0.1) is 12.8 Å². The molecule has 1 aliphatic rings. The molecule has 0 heteroatoms. The molecule has 1 radical (unpaired) electrons. The Kier molecular flexibility index (Phi) is 3.86. The average molecular weight is 139 g/mol. The van der Waals surface area contributed by atoms with Crippen LogP contribution in [0.25, 0.3) is 0 Å². The minimum atomic E-state index is 1.12. The van der Waals surface area contributed by atoms with Crippen molar-refractivity contribution in [3.8, 4) is 0 Å². The van der Waals surface area contributed by atoms with Gasteiger partial charge in [0.15, 0.2) is 0 Å². The summed E-state index contributed by atoms with van der Waals surface area (Å²) in [6.07, 6.45) is 11.4. The van der Waals surface area contributed by atoms with Gasteiger partial charge in [0.1, 0.15) is 0 Å². The third-order valence-electron chi connectivity index (χ3n) is 2.59. The molecule has 1 fully saturated rings. The fourth-order valence-corrected chi connectivity index (χ4v) is 1.57. The van der Waals surface area contributed by atoms with E-state index in [2.05, 4.69) is 6.92 Å². The highest BCUT2D eigenvalue weighted by atomic mass is 14.2. The molecule has 0 aromatic carbocycles. The van der Waals surface area contributed by atoms with Crippen LogP contribution in [0.15, 0.2) is 0 Å². The van der Waals surface area contributed by atoms with Crippen molar-refractivity contribution in [2.45, 2.75) is 51.4 Å². The summed E-state index contributed by atoms with van der Waals surface area (Å²) in [6.45, 7) is 3.84. The Balaban J connectivity index is 1.76. The first-order valence-corrected chi connectivity index (χ1v) is 4.72. The molecule has 1 rings (SSSR count). The Morgan fingerprint density at radius 3 is 2.40 bits per heavy atom. The lowest BCUT2D eigenvalue weighted by atomic mass is 9.82. The van der Waals surface area contributed by atoms with Crippen molar-refractivity contribution in [3.05, 3.63) is 6.92 Å². The fourth-order valence-electron chi connectivity index (χ4n) is 1.57. The van der Waals surface area contributed by atoms with Gasteiger partial charge in [-0.3, -0.25) is 0 Å². The molecule has 59 valence electrons. The second-order valence-electron chi connectivity index (χ2n) is 3.50. The number of hydrogen-bond donors (Lipinski definition) is 0. The molecule has 0 amide bonds. The maximum atomic E-state index is 3.84. The van der Waals surface area contributed by atoms with Crippen LogP contribution >= 0.6 is 0 Å². The van der Waals surface area contributed by atoms with Gasteiger partial charge in [-0.05, 0) is 5.92 Å². The highest BCUT2D eigenvalue weighted by Gasteiger charge is 2.15. The summed E-state index contributed by atoms with van der Waals surface area (Å²) in [7, 11) is 0. The molecule has 0 atom stereocenters. The van der Waals surface area contributed by atoms with E-state index in [1.54, 1.807) is 0 Å². The first-order chi connectivity index (χ1) is 4.93. The Morgan fingerprint density at radius 1 is 1.10 bits per heavy atom.